The zero-order valence-corrected chi connectivity index (χ0v) is 20.0. The van der Waals surface area contributed by atoms with Gasteiger partial charge in [-0.15, -0.1) is 11.8 Å². The maximum Gasteiger partial charge on any atom is 0.0963 e. The van der Waals surface area contributed by atoms with Gasteiger partial charge in [0.1, 0.15) is 0 Å². The summed E-state index contributed by atoms with van der Waals surface area (Å²) < 4.78 is 18.8. The molecule has 0 spiro atoms. The Morgan fingerprint density at radius 1 is 0.857 bits per heavy atom. The van der Waals surface area contributed by atoms with Gasteiger partial charge in [-0.1, -0.05) is 49.0 Å². The van der Waals surface area contributed by atoms with Gasteiger partial charge in [0.05, 0.1) is 27.3 Å². The zero-order chi connectivity index (χ0) is 21.3. The number of unbranched alkanes of at least 4 members (excludes halogenated alkanes) is 1. The molecule has 0 heterocycles. The summed E-state index contributed by atoms with van der Waals surface area (Å²) in [5.74, 6) is 6.59. The molecular formula is C25H41FOSi. The van der Waals surface area contributed by atoms with Gasteiger partial charge in [-0.2, -0.15) is 0 Å². The number of rotatable bonds is 13. The van der Waals surface area contributed by atoms with Crippen LogP contribution in [0.2, 0.25) is 25.7 Å². The van der Waals surface area contributed by atoms with Gasteiger partial charge in [0.2, 0.25) is 0 Å². The first-order chi connectivity index (χ1) is 13.2. The molecule has 28 heavy (non-hydrogen) atoms. The van der Waals surface area contributed by atoms with Crippen molar-refractivity contribution < 1.29 is 9.13 Å². The summed E-state index contributed by atoms with van der Waals surface area (Å²) in [6, 6.07) is 1.08. The predicted octanol–water partition coefficient (Wildman–Crippen LogP) is 8.35. The monoisotopic (exact) mass is 404 g/mol. The van der Waals surface area contributed by atoms with E-state index >= 15 is 0 Å². The van der Waals surface area contributed by atoms with Crippen molar-refractivity contribution >= 4 is 8.07 Å². The van der Waals surface area contributed by atoms with Crippen molar-refractivity contribution in [3.63, 3.8) is 0 Å². The molecule has 0 atom stereocenters. The molecule has 0 aliphatic heterocycles. The third kappa shape index (κ3) is 19.2. The molecule has 0 amide bonds. The molecule has 158 valence electrons. The van der Waals surface area contributed by atoms with E-state index in [1.54, 1.807) is 19.4 Å². The van der Waals surface area contributed by atoms with Gasteiger partial charge in [-0.3, -0.25) is 0 Å². The molecule has 0 rings (SSSR count). The van der Waals surface area contributed by atoms with Crippen LogP contribution in [-0.4, -0.2) is 15.2 Å². The van der Waals surface area contributed by atoms with Crippen LogP contribution in [0.25, 0.3) is 0 Å². The topological polar surface area (TPSA) is 9.23 Å². The summed E-state index contributed by atoms with van der Waals surface area (Å²) in [5.41, 5.74) is 2.64. The van der Waals surface area contributed by atoms with Crippen molar-refractivity contribution in [1.82, 2.24) is 0 Å². The van der Waals surface area contributed by atoms with E-state index in [1.807, 2.05) is 6.08 Å². The van der Waals surface area contributed by atoms with Gasteiger partial charge in [-0.05, 0) is 58.4 Å². The molecule has 1 nitrogen and oxygen atoms in total. The Bertz CT molecular complexity index is 594. The van der Waals surface area contributed by atoms with Crippen LogP contribution in [0.1, 0.15) is 65.2 Å². The molecule has 0 aliphatic carbocycles. The van der Waals surface area contributed by atoms with Gasteiger partial charge in [0.25, 0.3) is 0 Å². The van der Waals surface area contributed by atoms with Crippen molar-refractivity contribution in [2.24, 2.45) is 0 Å². The fourth-order valence-corrected chi connectivity index (χ4v) is 3.16. The fourth-order valence-electron chi connectivity index (χ4n) is 2.50. The van der Waals surface area contributed by atoms with Crippen molar-refractivity contribution in [3.8, 4) is 11.8 Å². The Hall–Kier alpha value is -1.53. The van der Waals surface area contributed by atoms with Crippen LogP contribution in [0.5, 0.6) is 0 Å². The van der Waals surface area contributed by atoms with Gasteiger partial charge >= 0.3 is 0 Å². The minimum absolute atomic E-state index is 0.00772. The SMILES string of the molecule is CO/C=C/CC/C(C)=C/CC/C(F)=C/CC/C(C)=C/CCC#CC[Si](C)(C)C. The van der Waals surface area contributed by atoms with Gasteiger partial charge in [0.15, 0.2) is 0 Å². The Balaban J connectivity index is 3.98. The molecule has 0 aromatic heterocycles. The van der Waals surface area contributed by atoms with Gasteiger partial charge in [0, 0.05) is 18.9 Å². The quantitative estimate of drug-likeness (QED) is 0.0985. The van der Waals surface area contributed by atoms with Crippen LogP contribution < -0.4 is 0 Å². The van der Waals surface area contributed by atoms with Crippen molar-refractivity contribution in [2.75, 3.05) is 7.11 Å². The second-order valence-electron chi connectivity index (χ2n) is 8.61. The first kappa shape index (κ1) is 26.5. The molecule has 0 bridgehead atoms. The van der Waals surface area contributed by atoms with Crippen LogP contribution in [-0.2, 0) is 4.74 Å². The zero-order valence-electron chi connectivity index (χ0n) is 19.0. The minimum atomic E-state index is -1.04. The number of halogens is 1. The van der Waals surface area contributed by atoms with E-state index in [9.17, 15) is 4.39 Å². The minimum Gasteiger partial charge on any atom is -0.505 e. The highest BCUT2D eigenvalue weighted by Crippen LogP contribution is 2.14. The van der Waals surface area contributed by atoms with E-state index in [0.29, 0.717) is 6.42 Å². The molecule has 0 saturated carbocycles. The number of allylic oxidation sites excluding steroid dienone is 7. The van der Waals surface area contributed by atoms with E-state index < -0.39 is 8.07 Å². The van der Waals surface area contributed by atoms with E-state index in [0.717, 1.165) is 51.0 Å². The van der Waals surface area contributed by atoms with Crippen molar-refractivity contribution in [3.05, 3.63) is 47.5 Å². The van der Waals surface area contributed by atoms with Crippen LogP contribution in [0, 0.1) is 11.8 Å². The summed E-state index contributed by atoms with van der Waals surface area (Å²) in [4.78, 5) is 0. The molecule has 0 unspecified atom stereocenters. The predicted molar refractivity (Wildman–Crippen MR) is 126 cm³/mol. The van der Waals surface area contributed by atoms with Gasteiger partial charge < -0.3 is 4.74 Å². The van der Waals surface area contributed by atoms with Crippen LogP contribution >= 0.6 is 0 Å². The van der Waals surface area contributed by atoms with E-state index in [-0.39, 0.29) is 5.83 Å². The van der Waals surface area contributed by atoms with E-state index in [4.69, 9.17) is 4.74 Å². The van der Waals surface area contributed by atoms with Crippen LogP contribution in [0.4, 0.5) is 4.39 Å². The maximum absolute atomic E-state index is 13.9. The molecule has 0 aliphatic rings. The smallest absolute Gasteiger partial charge is 0.0963 e. The second-order valence-corrected chi connectivity index (χ2v) is 14.1. The maximum atomic E-state index is 13.9. The molecule has 0 saturated heterocycles. The van der Waals surface area contributed by atoms with Gasteiger partial charge in [-0.25, -0.2) is 4.39 Å². The lowest BCUT2D eigenvalue weighted by Crippen LogP contribution is -2.17. The van der Waals surface area contributed by atoms with Crippen LogP contribution in [0.3, 0.4) is 0 Å². The Labute approximate surface area is 174 Å². The summed E-state index contributed by atoms with van der Waals surface area (Å²) in [6.45, 7) is 11.3. The number of hydrogen-bond donors (Lipinski definition) is 0. The fraction of sp³-hybridized carbons (Fsp3) is 0.600. The average molecular weight is 405 g/mol. The summed E-state index contributed by atoms with van der Waals surface area (Å²) in [5, 5.41) is 0. The highest BCUT2D eigenvalue weighted by molar-refractivity contribution is 6.76. The lowest BCUT2D eigenvalue weighted by Gasteiger charge is -2.09. The standard InChI is InChI=1S/C25H41FOSi/c1-23(15-9-7-8-12-22-28(4,5)6)17-13-19-25(26)20-14-18-24(2)16-10-11-21-27-3/h11,15,18-19,21H,7,9-10,13-14,16-17,20,22H2,1-6H3/b21-11+,23-15+,24-18+,25-19-. The number of ether oxygens (including phenoxy) is 1. The lowest BCUT2D eigenvalue weighted by atomic mass is 10.1. The number of hydrogen-bond acceptors (Lipinski definition) is 1. The Morgan fingerprint density at radius 2 is 1.46 bits per heavy atom. The normalized spacial score (nSPS) is 13.6. The van der Waals surface area contributed by atoms with E-state index in [1.165, 1.54) is 11.1 Å². The summed E-state index contributed by atoms with van der Waals surface area (Å²) in [7, 11) is 0.614. The average Bonchev–Trinajstić information content (AvgIpc) is 2.61. The summed E-state index contributed by atoms with van der Waals surface area (Å²) >= 11 is 0. The molecule has 0 N–H and O–H groups in total. The van der Waals surface area contributed by atoms with Crippen molar-refractivity contribution in [2.45, 2.75) is 90.9 Å². The molecular weight excluding hydrogens is 363 g/mol. The first-order valence-electron chi connectivity index (χ1n) is 10.5. The lowest BCUT2D eigenvalue weighted by molar-refractivity contribution is 0.336. The van der Waals surface area contributed by atoms with E-state index in [2.05, 4.69) is 57.5 Å². The van der Waals surface area contributed by atoms with Crippen LogP contribution in [0.15, 0.2) is 47.5 Å². The molecule has 0 radical (unpaired) electrons. The molecule has 0 aromatic rings. The third-order valence-corrected chi connectivity index (χ3v) is 5.46. The first-order valence-corrected chi connectivity index (χ1v) is 14.2. The molecule has 0 fully saturated rings. The highest BCUT2D eigenvalue weighted by atomic mass is 28.3. The Morgan fingerprint density at radius 3 is 2.11 bits per heavy atom. The molecule has 0 aromatic carbocycles. The second kappa shape index (κ2) is 16.4. The highest BCUT2D eigenvalue weighted by Gasteiger charge is 2.09. The molecule has 3 heteroatoms. The third-order valence-electron chi connectivity index (χ3n) is 4.22. The largest absolute Gasteiger partial charge is 0.505 e. The Kier molecular flexibility index (Phi) is 15.5. The number of methoxy groups -OCH3 is 1. The van der Waals surface area contributed by atoms with Crippen molar-refractivity contribution in [1.29, 1.82) is 0 Å². The summed E-state index contributed by atoms with van der Waals surface area (Å²) in [6.07, 6.45) is 16.7.